The van der Waals surface area contributed by atoms with E-state index in [1.807, 2.05) is 0 Å². The number of pyridine rings is 1. The van der Waals surface area contributed by atoms with Crippen LogP contribution in [0.3, 0.4) is 0 Å². The minimum Gasteiger partial charge on any atom is -0.467 e. The number of sulfonamides is 1. The van der Waals surface area contributed by atoms with Crippen LogP contribution in [-0.4, -0.2) is 62.4 Å². The van der Waals surface area contributed by atoms with Gasteiger partial charge in [-0.25, -0.2) is 18.1 Å². The molecule has 146 valence electrons. The number of rotatable bonds is 5. The SMILES string of the molecule is CS(=O)(=O)N[C@H]1CCCN(C(=O)c2cnc(OCC(F)(F)F)c(Cl)c2)C1. The highest BCUT2D eigenvalue weighted by molar-refractivity contribution is 7.88. The number of hydrogen-bond acceptors (Lipinski definition) is 5. The highest BCUT2D eigenvalue weighted by atomic mass is 35.5. The van der Waals surface area contributed by atoms with Crippen molar-refractivity contribution in [3.8, 4) is 5.88 Å². The van der Waals surface area contributed by atoms with Gasteiger partial charge in [0, 0.05) is 25.3 Å². The van der Waals surface area contributed by atoms with Gasteiger partial charge in [0.1, 0.15) is 5.02 Å². The van der Waals surface area contributed by atoms with Gasteiger partial charge in [-0.15, -0.1) is 0 Å². The molecule has 2 rings (SSSR count). The maximum absolute atomic E-state index is 12.5. The van der Waals surface area contributed by atoms with Gasteiger partial charge in [-0.3, -0.25) is 4.79 Å². The third-order valence-electron chi connectivity index (χ3n) is 3.52. The largest absolute Gasteiger partial charge is 0.467 e. The molecule has 1 fully saturated rings. The number of alkyl halides is 3. The molecule has 1 aromatic heterocycles. The molecule has 1 saturated heterocycles. The fourth-order valence-electron chi connectivity index (χ4n) is 2.54. The van der Waals surface area contributed by atoms with Crippen molar-refractivity contribution in [1.29, 1.82) is 0 Å². The number of amides is 1. The van der Waals surface area contributed by atoms with Crippen LogP contribution in [0.25, 0.3) is 0 Å². The van der Waals surface area contributed by atoms with Gasteiger partial charge in [0.15, 0.2) is 6.61 Å². The van der Waals surface area contributed by atoms with Crippen molar-refractivity contribution in [3.05, 3.63) is 22.8 Å². The minimum absolute atomic E-state index is 0.0781. The summed E-state index contributed by atoms with van der Waals surface area (Å²) in [5, 5.41) is -0.220. The normalized spacial score (nSPS) is 18.7. The van der Waals surface area contributed by atoms with Crippen LogP contribution >= 0.6 is 11.6 Å². The Hall–Kier alpha value is -1.59. The van der Waals surface area contributed by atoms with E-state index in [4.69, 9.17) is 11.6 Å². The van der Waals surface area contributed by atoms with Crippen LogP contribution in [0.4, 0.5) is 13.2 Å². The first-order chi connectivity index (χ1) is 11.9. The van der Waals surface area contributed by atoms with E-state index in [0.29, 0.717) is 19.4 Å². The lowest BCUT2D eigenvalue weighted by Crippen LogP contribution is -2.49. The summed E-state index contributed by atoms with van der Waals surface area (Å²) in [6, 6.07) is 0.774. The van der Waals surface area contributed by atoms with Crippen molar-refractivity contribution in [2.75, 3.05) is 26.0 Å². The van der Waals surface area contributed by atoms with Gasteiger partial charge in [-0.05, 0) is 18.9 Å². The molecule has 12 heteroatoms. The molecular formula is C14H17ClF3N3O4S. The number of likely N-dealkylation sites (tertiary alicyclic amines) is 1. The van der Waals surface area contributed by atoms with E-state index in [0.717, 1.165) is 12.5 Å². The zero-order valence-corrected chi connectivity index (χ0v) is 15.3. The maximum atomic E-state index is 12.5. The van der Waals surface area contributed by atoms with E-state index >= 15 is 0 Å². The number of carbonyl (C=O) groups excluding carboxylic acids is 1. The second-order valence-corrected chi connectivity index (χ2v) is 8.08. The molecule has 0 unspecified atom stereocenters. The molecule has 1 aliphatic heterocycles. The zero-order valence-electron chi connectivity index (χ0n) is 13.7. The molecule has 26 heavy (non-hydrogen) atoms. The predicted molar refractivity (Wildman–Crippen MR) is 87.7 cm³/mol. The molecule has 1 aliphatic rings. The van der Waals surface area contributed by atoms with Crippen molar-refractivity contribution >= 4 is 27.5 Å². The summed E-state index contributed by atoms with van der Waals surface area (Å²) in [6.45, 7) is -0.946. The maximum Gasteiger partial charge on any atom is 0.422 e. The number of nitrogens with zero attached hydrogens (tertiary/aromatic N) is 2. The predicted octanol–water partition coefficient (Wildman–Crippen LogP) is 1.83. The summed E-state index contributed by atoms with van der Waals surface area (Å²) in [5.74, 6) is -0.863. The van der Waals surface area contributed by atoms with E-state index in [1.54, 1.807) is 0 Å². The van der Waals surface area contributed by atoms with E-state index in [-0.39, 0.29) is 17.1 Å². The summed E-state index contributed by atoms with van der Waals surface area (Å²) in [4.78, 5) is 17.6. The minimum atomic E-state index is -4.53. The first-order valence-corrected chi connectivity index (χ1v) is 9.83. The van der Waals surface area contributed by atoms with Gasteiger partial charge in [0.25, 0.3) is 5.91 Å². The lowest BCUT2D eigenvalue weighted by atomic mass is 10.1. The Morgan fingerprint density at radius 3 is 2.77 bits per heavy atom. The smallest absolute Gasteiger partial charge is 0.422 e. The molecule has 7 nitrogen and oxygen atoms in total. The molecular weight excluding hydrogens is 399 g/mol. The number of ether oxygens (including phenoxy) is 1. The van der Waals surface area contributed by atoms with Gasteiger partial charge in [0.05, 0.1) is 11.8 Å². The Morgan fingerprint density at radius 2 is 2.19 bits per heavy atom. The Labute approximate surface area is 153 Å². The molecule has 0 aliphatic carbocycles. The third kappa shape index (κ3) is 6.29. The highest BCUT2D eigenvalue weighted by Crippen LogP contribution is 2.26. The number of halogens is 4. The van der Waals surface area contributed by atoms with E-state index in [9.17, 15) is 26.4 Å². The second-order valence-electron chi connectivity index (χ2n) is 5.90. The van der Waals surface area contributed by atoms with E-state index in [2.05, 4.69) is 14.4 Å². The Bertz CT molecular complexity index is 773. The van der Waals surface area contributed by atoms with Crippen LogP contribution in [0.15, 0.2) is 12.3 Å². The van der Waals surface area contributed by atoms with Crippen molar-refractivity contribution in [2.45, 2.75) is 25.1 Å². The Morgan fingerprint density at radius 1 is 1.50 bits per heavy atom. The summed E-state index contributed by atoms with van der Waals surface area (Å²) in [5.41, 5.74) is 0.0781. The quantitative estimate of drug-likeness (QED) is 0.792. The number of aromatic nitrogens is 1. The van der Waals surface area contributed by atoms with Crippen molar-refractivity contribution < 1.29 is 31.1 Å². The summed E-state index contributed by atoms with van der Waals surface area (Å²) in [7, 11) is -3.40. The van der Waals surface area contributed by atoms with Crippen LogP contribution in [0.2, 0.25) is 5.02 Å². The van der Waals surface area contributed by atoms with Crippen molar-refractivity contribution in [2.24, 2.45) is 0 Å². The lowest BCUT2D eigenvalue weighted by molar-refractivity contribution is -0.154. The molecule has 2 heterocycles. The zero-order chi connectivity index (χ0) is 19.5. The Balaban J connectivity index is 2.06. The van der Waals surface area contributed by atoms with Crippen LogP contribution in [0, 0.1) is 0 Å². The molecule has 0 radical (unpaired) electrons. The van der Waals surface area contributed by atoms with E-state index in [1.165, 1.54) is 11.0 Å². The van der Waals surface area contributed by atoms with Crippen LogP contribution in [-0.2, 0) is 10.0 Å². The second kappa shape index (κ2) is 7.97. The van der Waals surface area contributed by atoms with Gasteiger partial charge in [-0.1, -0.05) is 11.6 Å². The molecule has 0 saturated carbocycles. The van der Waals surface area contributed by atoms with Crippen LogP contribution in [0.1, 0.15) is 23.2 Å². The lowest BCUT2D eigenvalue weighted by Gasteiger charge is -2.32. The van der Waals surface area contributed by atoms with Crippen molar-refractivity contribution in [3.63, 3.8) is 0 Å². The number of carbonyl (C=O) groups is 1. The van der Waals surface area contributed by atoms with Crippen molar-refractivity contribution in [1.82, 2.24) is 14.6 Å². The van der Waals surface area contributed by atoms with E-state index < -0.39 is 40.6 Å². The summed E-state index contributed by atoms with van der Waals surface area (Å²) < 4.78 is 66.1. The van der Waals surface area contributed by atoms with Gasteiger partial charge in [-0.2, -0.15) is 13.2 Å². The van der Waals surface area contributed by atoms with Gasteiger partial charge in [0.2, 0.25) is 15.9 Å². The fourth-order valence-corrected chi connectivity index (χ4v) is 3.56. The number of piperidine rings is 1. The van der Waals surface area contributed by atoms with Crippen LogP contribution < -0.4 is 9.46 Å². The summed E-state index contributed by atoms with van der Waals surface area (Å²) >= 11 is 5.84. The van der Waals surface area contributed by atoms with Gasteiger partial charge < -0.3 is 9.64 Å². The Kier molecular flexibility index (Phi) is 6.35. The standard InChI is InChI=1S/C14H17ClF3N3O4S/c1-26(23,24)20-10-3-2-4-21(7-10)13(22)9-5-11(15)12(19-6-9)25-8-14(16,17)18/h5-6,10,20H,2-4,7-8H2,1H3/t10-/m0/s1. The average Bonchev–Trinajstić information content (AvgIpc) is 2.50. The molecule has 1 atom stereocenters. The molecule has 0 aromatic carbocycles. The average molecular weight is 416 g/mol. The number of hydrogen-bond donors (Lipinski definition) is 1. The molecule has 1 aromatic rings. The number of nitrogens with one attached hydrogen (secondary N) is 1. The molecule has 0 spiro atoms. The third-order valence-corrected chi connectivity index (χ3v) is 4.55. The first kappa shape index (κ1) is 20.7. The van der Waals surface area contributed by atoms with Gasteiger partial charge >= 0.3 is 6.18 Å². The monoisotopic (exact) mass is 415 g/mol. The fraction of sp³-hybridized carbons (Fsp3) is 0.571. The highest BCUT2D eigenvalue weighted by Gasteiger charge is 2.30. The molecule has 0 bridgehead atoms. The topological polar surface area (TPSA) is 88.6 Å². The first-order valence-electron chi connectivity index (χ1n) is 7.56. The molecule has 1 N–H and O–H groups in total. The molecule has 1 amide bonds. The summed E-state index contributed by atoms with van der Waals surface area (Å²) in [6.07, 6.45) is -1.22. The van der Waals surface area contributed by atoms with Crippen LogP contribution in [0.5, 0.6) is 5.88 Å².